The number of halogens is 1. The predicted molar refractivity (Wildman–Crippen MR) is 33.1 cm³/mol. The van der Waals surface area contributed by atoms with Crippen LogP contribution in [0.5, 0.6) is 0 Å². The summed E-state index contributed by atoms with van der Waals surface area (Å²) >= 11 is 5.47. The van der Waals surface area contributed by atoms with Gasteiger partial charge in [-0.25, -0.2) is 0 Å². The van der Waals surface area contributed by atoms with Gasteiger partial charge in [-0.15, -0.1) is 0 Å². The molecule has 0 spiro atoms. The molecular weight excluding hydrogens is 124 g/mol. The van der Waals surface area contributed by atoms with Crippen molar-refractivity contribution >= 4 is 11.6 Å². The zero-order chi connectivity index (χ0) is 5.98. The van der Waals surface area contributed by atoms with Crippen LogP contribution in [-0.2, 0) is 6.42 Å². The van der Waals surface area contributed by atoms with Gasteiger partial charge in [-0.1, -0.05) is 6.92 Å². The minimum Gasteiger partial charge on any atom is -0.450 e. The van der Waals surface area contributed by atoms with Crippen LogP contribution in [0, 0.1) is 0 Å². The molecule has 2 heteroatoms. The Hall–Kier alpha value is -0.430. The molecule has 0 aliphatic heterocycles. The van der Waals surface area contributed by atoms with Crippen molar-refractivity contribution in [1.82, 2.24) is 0 Å². The second-order valence-corrected chi connectivity index (χ2v) is 1.93. The van der Waals surface area contributed by atoms with Crippen LogP contribution >= 0.6 is 11.6 Å². The van der Waals surface area contributed by atoms with Crippen LogP contribution in [0.25, 0.3) is 0 Å². The van der Waals surface area contributed by atoms with E-state index >= 15 is 0 Å². The third-order valence-corrected chi connectivity index (χ3v) is 1.18. The highest BCUT2D eigenvalue weighted by Crippen LogP contribution is 2.12. The summed E-state index contributed by atoms with van der Waals surface area (Å²) in [4.78, 5) is 0. The molecule has 0 saturated heterocycles. The van der Waals surface area contributed by atoms with Gasteiger partial charge in [0, 0.05) is 6.42 Å². The molecule has 0 aliphatic rings. The topological polar surface area (TPSA) is 13.1 Å². The fraction of sp³-hybridized carbons (Fsp3) is 0.333. The summed E-state index contributed by atoms with van der Waals surface area (Å²) in [5.74, 6) is 0.940. The molecular formula is C6H7ClO. The number of hydrogen-bond donors (Lipinski definition) is 0. The average molecular weight is 131 g/mol. The molecule has 0 aliphatic carbocycles. The normalized spacial score (nSPS) is 9.75. The van der Waals surface area contributed by atoms with Crippen LogP contribution in [0.3, 0.4) is 0 Å². The molecule has 0 bridgehead atoms. The van der Waals surface area contributed by atoms with Crippen LogP contribution in [0.2, 0.25) is 5.22 Å². The molecule has 44 valence electrons. The van der Waals surface area contributed by atoms with Gasteiger partial charge in [0.2, 0.25) is 0 Å². The lowest BCUT2D eigenvalue weighted by Gasteiger charge is -1.81. The van der Waals surface area contributed by atoms with Crippen molar-refractivity contribution in [3.63, 3.8) is 0 Å². The smallest absolute Gasteiger partial charge is 0.193 e. The van der Waals surface area contributed by atoms with Crippen LogP contribution in [-0.4, -0.2) is 0 Å². The summed E-state index contributed by atoms with van der Waals surface area (Å²) in [6.07, 6.45) is 0.909. The first-order valence-electron chi connectivity index (χ1n) is 2.57. The zero-order valence-corrected chi connectivity index (χ0v) is 5.40. The SMILES string of the molecule is CCc1ccc(Cl)o1. The van der Waals surface area contributed by atoms with Crippen molar-refractivity contribution in [2.45, 2.75) is 13.3 Å². The van der Waals surface area contributed by atoms with E-state index in [1.165, 1.54) is 0 Å². The van der Waals surface area contributed by atoms with Crippen molar-refractivity contribution < 1.29 is 4.42 Å². The molecule has 8 heavy (non-hydrogen) atoms. The quantitative estimate of drug-likeness (QED) is 0.569. The Morgan fingerprint density at radius 2 is 2.38 bits per heavy atom. The monoisotopic (exact) mass is 130 g/mol. The fourth-order valence-corrected chi connectivity index (χ4v) is 0.704. The summed E-state index contributed by atoms with van der Waals surface area (Å²) < 4.78 is 5.00. The molecule has 0 radical (unpaired) electrons. The largest absolute Gasteiger partial charge is 0.450 e. The molecule has 0 fully saturated rings. The highest BCUT2D eigenvalue weighted by molar-refractivity contribution is 6.28. The maximum absolute atomic E-state index is 5.47. The maximum atomic E-state index is 5.47. The Morgan fingerprint density at radius 1 is 1.62 bits per heavy atom. The summed E-state index contributed by atoms with van der Waals surface area (Å²) in [6.45, 7) is 2.02. The standard InChI is InChI=1S/C6H7ClO/c1-2-5-3-4-6(7)8-5/h3-4H,2H2,1H3. The van der Waals surface area contributed by atoms with Crippen molar-refractivity contribution in [3.8, 4) is 0 Å². The minimum atomic E-state index is 0.474. The third kappa shape index (κ3) is 1.04. The molecule has 0 amide bonds. The van der Waals surface area contributed by atoms with E-state index in [9.17, 15) is 0 Å². The third-order valence-electron chi connectivity index (χ3n) is 0.977. The molecule has 1 nitrogen and oxygen atoms in total. The average Bonchev–Trinajstić information content (AvgIpc) is 2.14. The van der Waals surface area contributed by atoms with E-state index in [-0.39, 0.29) is 0 Å². The van der Waals surface area contributed by atoms with Gasteiger partial charge in [0.25, 0.3) is 0 Å². The predicted octanol–water partition coefficient (Wildman–Crippen LogP) is 2.50. The first-order valence-corrected chi connectivity index (χ1v) is 2.95. The van der Waals surface area contributed by atoms with Crippen molar-refractivity contribution in [2.75, 3.05) is 0 Å². The van der Waals surface area contributed by atoms with Crippen LogP contribution in [0.1, 0.15) is 12.7 Å². The van der Waals surface area contributed by atoms with Gasteiger partial charge in [-0.2, -0.15) is 0 Å². The van der Waals surface area contributed by atoms with Gasteiger partial charge in [0.15, 0.2) is 5.22 Å². The second-order valence-electron chi connectivity index (χ2n) is 1.56. The summed E-state index contributed by atoms with van der Waals surface area (Å²) in [5, 5.41) is 0.474. The van der Waals surface area contributed by atoms with E-state index < -0.39 is 0 Å². The number of furan rings is 1. The summed E-state index contributed by atoms with van der Waals surface area (Å²) in [5.41, 5.74) is 0. The van der Waals surface area contributed by atoms with E-state index in [1.807, 2.05) is 13.0 Å². The lowest BCUT2D eigenvalue weighted by Crippen LogP contribution is -1.67. The highest BCUT2D eigenvalue weighted by Gasteiger charge is 1.92. The van der Waals surface area contributed by atoms with Gasteiger partial charge >= 0.3 is 0 Å². The Balaban J connectivity index is 2.84. The van der Waals surface area contributed by atoms with Crippen LogP contribution < -0.4 is 0 Å². The molecule has 0 saturated carbocycles. The second kappa shape index (κ2) is 2.23. The van der Waals surface area contributed by atoms with Gasteiger partial charge < -0.3 is 4.42 Å². The van der Waals surface area contributed by atoms with Crippen molar-refractivity contribution in [1.29, 1.82) is 0 Å². The van der Waals surface area contributed by atoms with Gasteiger partial charge in [0.05, 0.1) is 0 Å². The van der Waals surface area contributed by atoms with E-state index in [0.717, 1.165) is 12.2 Å². The van der Waals surface area contributed by atoms with Gasteiger partial charge in [-0.05, 0) is 23.7 Å². The number of rotatable bonds is 1. The number of hydrogen-bond acceptors (Lipinski definition) is 1. The van der Waals surface area contributed by atoms with Crippen molar-refractivity contribution in [3.05, 3.63) is 23.1 Å². The summed E-state index contributed by atoms with van der Waals surface area (Å²) in [6, 6.07) is 3.63. The highest BCUT2D eigenvalue weighted by atomic mass is 35.5. The van der Waals surface area contributed by atoms with Crippen LogP contribution in [0.4, 0.5) is 0 Å². The Morgan fingerprint density at radius 3 is 2.62 bits per heavy atom. The van der Waals surface area contributed by atoms with Crippen molar-refractivity contribution in [2.24, 2.45) is 0 Å². The molecule has 1 rings (SSSR count). The number of aryl methyl sites for hydroxylation is 1. The first kappa shape index (κ1) is 5.70. The Labute approximate surface area is 53.3 Å². The lowest BCUT2D eigenvalue weighted by molar-refractivity contribution is 0.518. The Kier molecular flexibility index (Phi) is 1.59. The molecule has 1 aromatic rings. The maximum Gasteiger partial charge on any atom is 0.193 e. The van der Waals surface area contributed by atoms with E-state index in [1.54, 1.807) is 6.07 Å². The van der Waals surface area contributed by atoms with Gasteiger partial charge in [0.1, 0.15) is 5.76 Å². The zero-order valence-electron chi connectivity index (χ0n) is 4.65. The first-order chi connectivity index (χ1) is 3.83. The van der Waals surface area contributed by atoms with Crippen LogP contribution in [0.15, 0.2) is 16.5 Å². The molecule has 0 unspecified atom stereocenters. The van der Waals surface area contributed by atoms with E-state index in [2.05, 4.69) is 0 Å². The molecule has 1 aromatic heterocycles. The fourth-order valence-electron chi connectivity index (χ4n) is 0.542. The van der Waals surface area contributed by atoms with Gasteiger partial charge in [-0.3, -0.25) is 0 Å². The molecule has 1 heterocycles. The van der Waals surface area contributed by atoms with E-state index in [0.29, 0.717) is 5.22 Å². The minimum absolute atomic E-state index is 0.474. The molecule has 0 atom stereocenters. The van der Waals surface area contributed by atoms with E-state index in [4.69, 9.17) is 16.0 Å². The molecule has 0 N–H and O–H groups in total. The lowest BCUT2D eigenvalue weighted by atomic mass is 10.4. The Bertz CT molecular complexity index is 169. The summed E-state index contributed by atoms with van der Waals surface area (Å²) in [7, 11) is 0. The molecule has 0 aromatic carbocycles.